The lowest BCUT2D eigenvalue weighted by Gasteiger charge is -2.32. The summed E-state index contributed by atoms with van der Waals surface area (Å²) in [5.41, 5.74) is 2.84. The Morgan fingerprint density at radius 1 is 1.19 bits per heavy atom. The number of rotatable bonds is 6. The number of benzene rings is 2. The Bertz CT molecular complexity index is 745. The number of hydrogen-bond acceptors (Lipinski definition) is 3. The van der Waals surface area contributed by atoms with Crippen LogP contribution in [0.1, 0.15) is 26.2 Å². The van der Waals surface area contributed by atoms with Crippen LogP contribution in [0.5, 0.6) is 5.75 Å². The standard InChI is InChI=1S/C22H28N2O3/c1-3-15-27-19-7-6-14-24(16-19)22(25)23-21-9-5-4-8-20(21)17-10-12-18(26-2)13-11-17/h4-5,8-13,19H,3,6-7,14-16H2,1-2H3,(H,23,25)/t19-/m1/s1. The maximum Gasteiger partial charge on any atom is 0.321 e. The minimum absolute atomic E-state index is 0.0687. The Morgan fingerprint density at radius 3 is 2.70 bits per heavy atom. The van der Waals surface area contributed by atoms with E-state index in [4.69, 9.17) is 9.47 Å². The van der Waals surface area contributed by atoms with Gasteiger partial charge in [-0.15, -0.1) is 0 Å². The van der Waals surface area contributed by atoms with Crippen molar-refractivity contribution in [2.24, 2.45) is 0 Å². The Balaban J connectivity index is 1.70. The van der Waals surface area contributed by atoms with Gasteiger partial charge in [0.1, 0.15) is 5.75 Å². The molecule has 1 fully saturated rings. The molecule has 2 aromatic rings. The fourth-order valence-corrected chi connectivity index (χ4v) is 3.35. The van der Waals surface area contributed by atoms with E-state index in [0.717, 1.165) is 55.0 Å². The molecule has 5 nitrogen and oxygen atoms in total. The number of methoxy groups -OCH3 is 1. The van der Waals surface area contributed by atoms with E-state index in [0.29, 0.717) is 6.54 Å². The molecular formula is C22H28N2O3. The number of para-hydroxylation sites is 1. The second-order valence-corrected chi connectivity index (χ2v) is 6.79. The van der Waals surface area contributed by atoms with E-state index in [9.17, 15) is 4.79 Å². The van der Waals surface area contributed by atoms with Crippen LogP contribution in [0.15, 0.2) is 48.5 Å². The van der Waals surface area contributed by atoms with Crippen LogP contribution in [0.3, 0.4) is 0 Å². The van der Waals surface area contributed by atoms with E-state index in [2.05, 4.69) is 12.2 Å². The van der Waals surface area contributed by atoms with Crippen molar-refractivity contribution in [2.75, 3.05) is 32.1 Å². The minimum atomic E-state index is -0.0687. The number of amides is 2. The van der Waals surface area contributed by atoms with Gasteiger partial charge in [-0.05, 0) is 43.0 Å². The van der Waals surface area contributed by atoms with Crippen molar-refractivity contribution >= 4 is 11.7 Å². The first-order chi connectivity index (χ1) is 13.2. The van der Waals surface area contributed by atoms with Crippen LogP contribution < -0.4 is 10.1 Å². The molecule has 2 aromatic carbocycles. The van der Waals surface area contributed by atoms with Crippen LogP contribution in [-0.4, -0.2) is 43.8 Å². The number of piperidine rings is 1. The molecule has 0 unspecified atom stereocenters. The maximum atomic E-state index is 12.8. The Labute approximate surface area is 161 Å². The van der Waals surface area contributed by atoms with E-state index in [1.165, 1.54) is 0 Å². The summed E-state index contributed by atoms with van der Waals surface area (Å²) in [6.07, 6.45) is 3.13. The second kappa shape index (κ2) is 9.42. The first kappa shape index (κ1) is 19.2. The monoisotopic (exact) mass is 368 g/mol. The third kappa shape index (κ3) is 5.01. The van der Waals surface area contributed by atoms with Crippen molar-refractivity contribution in [2.45, 2.75) is 32.3 Å². The lowest BCUT2D eigenvalue weighted by molar-refractivity contribution is 0.0115. The molecule has 0 saturated carbocycles. The molecule has 3 rings (SSSR count). The van der Waals surface area contributed by atoms with Crippen LogP contribution in [0.25, 0.3) is 11.1 Å². The highest BCUT2D eigenvalue weighted by atomic mass is 16.5. The van der Waals surface area contributed by atoms with Crippen LogP contribution in [0.2, 0.25) is 0 Å². The molecule has 0 radical (unpaired) electrons. The molecule has 5 heteroatoms. The molecule has 0 aromatic heterocycles. The summed E-state index contributed by atoms with van der Waals surface area (Å²) >= 11 is 0. The molecule has 1 N–H and O–H groups in total. The number of urea groups is 1. The van der Waals surface area contributed by atoms with Gasteiger partial charge in [0.2, 0.25) is 0 Å². The van der Waals surface area contributed by atoms with Crippen molar-refractivity contribution in [3.63, 3.8) is 0 Å². The second-order valence-electron chi connectivity index (χ2n) is 6.79. The number of anilines is 1. The molecule has 0 aliphatic carbocycles. The molecule has 1 heterocycles. The first-order valence-corrected chi connectivity index (χ1v) is 9.62. The Hall–Kier alpha value is -2.53. The zero-order chi connectivity index (χ0) is 19.1. The highest BCUT2D eigenvalue weighted by Gasteiger charge is 2.24. The molecular weight excluding hydrogens is 340 g/mol. The van der Waals surface area contributed by atoms with Crippen molar-refractivity contribution < 1.29 is 14.3 Å². The number of hydrogen-bond donors (Lipinski definition) is 1. The largest absolute Gasteiger partial charge is 0.497 e. The van der Waals surface area contributed by atoms with E-state index in [1.54, 1.807) is 7.11 Å². The Kier molecular flexibility index (Phi) is 6.71. The van der Waals surface area contributed by atoms with Gasteiger partial charge in [0.15, 0.2) is 0 Å². The first-order valence-electron chi connectivity index (χ1n) is 9.62. The summed E-state index contributed by atoms with van der Waals surface area (Å²) in [7, 11) is 1.65. The van der Waals surface area contributed by atoms with Crippen molar-refractivity contribution in [3.8, 4) is 16.9 Å². The zero-order valence-electron chi connectivity index (χ0n) is 16.1. The number of likely N-dealkylation sites (tertiary alicyclic amines) is 1. The number of carbonyl (C=O) groups excluding carboxylic acids is 1. The van der Waals surface area contributed by atoms with Gasteiger partial charge < -0.3 is 19.7 Å². The average molecular weight is 368 g/mol. The normalized spacial score (nSPS) is 16.8. The predicted molar refractivity (Wildman–Crippen MR) is 108 cm³/mol. The lowest BCUT2D eigenvalue weighted by atomic mass is 10.0. The van der Waals surface area contributed by atoms with Crippen LogP contribution in [-0.2, 0) is 4.74 Å². The predicted octanol–water partition coefficient (Wildman–Crippen LogP) is 4.79. The topological polar surface area (TPSA) is 50.8 Å². The summed E-state index contributed by atoms with van der Waals surface area (Å²) in [4.78, 5) is 14.7. The van der Waals surface area contributed by atoms with E-state index < -0.39 is 0 Å². The van der Waals surface area contributed by atoms with Crippen LogP contribution in [0.4, 0.5) is 10.5 Å². The van der Waals surface area contributed by atoms with Gasteiger partial charge in [-0.3, -0.25) is 0 Å². The van der Waals surface area contributed by atoms with Gasteiger partial charge in [-0.2, -0.15) is 0 Å². The van der Waals surface area contributed by atoms with Gasteiger partial charge in [-0.25, -0.2) is 4.79 Å². The average Bonchev–Trinajstić information content (AvgIpc) is 2.73. The third-order valence-corrected chi connectivity index (χ3v) is 4.79. The van der Waals surface area contributed by atoms with Crippen molar-refractivity contribution in [1.82, 2.24) is 4.90 Å². The summed E-state index contributed by atoms with van der Waals surface area (Å²) in [5, 5.41) is 3.08. The zero-order valence-corrected chi connectivity index (χ0v) is 16.1. The molecule has 1 aliphatic rings. The fourth-order valence-electron chi connectivity index (χ4n) is 3.35. The molecule has 2 amide bonds. The van der Waals surface area contributed by atoms with Gasteiger partial charge >= 0.3 is 6.03 Å². The quantitative estimate of drug-likeness (QED) is 0.798. The number of carbonyl (C=O) groups is 1. The van der Waals surface area contributed by atoms with Gasteiger partial charge in [0.25, 0.3) is 0 Å². The van der Waals surface area contributed by atoms with Gasteiger partial charge in [0, 0.05) is 25.3 Å². The summed E-state index contributed by atoms with van der Waals surface area (Å²) in [6, 6.07) is 15.6. The van der Waals surface area contributed by atoms with Crippen molar-refractivity contribution in [1.29, 1.82) is 0 Å². The molecule has 1 aliphatic heterocycles. The molecule has 1 saturated heterocycles. The van der Waals surface area contributed by atoms with E-state index >= 15 is 0 Å². The van der Waals surface area contributed by atoms with E-state index in [-0.39, 0.29) is 12.1 Å². The fraction of sp³-hybridized carbons (Fsp3) is 0.409. The molecule has 144 valence electrons. The smallest absolute Gasteiger partial charge is 0.321 e. The molecule has 27 heavy (non-hydrogen) atoms. The molecule has 0 bridgehead atoms. The van der Waals surface area contributed by atoms with Gasteiger partial charge in [-0.1, -0.05) is 37.3 Å². The minimum Gasteiger partial charge on any atom is -0.497 e. The summed E-state index contributed by atoms with van der Waals surface area (Å²) in [5.74, 6) is 0.812. The van der Waals surface area contributed by atoms with Crippen molar-refractivity contribution in [3.05, 3.63) is 48.5 Å². The highest BCUT2D eigenvalue weighted by Crippen LogP contribution is 2.29. The van der Waals surface area contributed by atoms with E-state index in [1.807, 2.05) is 53.4 Å². The third-order valence-electron chi connectivity index (χ3n) is 4.79. The lowest BCUT2D eigenvalue weighted by Crippen LogP contribution is -2.45. The molecule has 0 spiro atoms. The van der Waals surface area contributed by atoms with Crippen LogP contribution >= 0.6 is 0 Å². The van der Waals surface area contributed by atoms with Crippen LogP contribution in [0, 0.1) is 0 Å². The number of nitrogens with one attached hydrogen (secondary N) is 1. The SMILES string of the molecule is CCCO[C@@H]1CCCN(C(=O)Nc2ccccc2-c2ccc(OC)cc2)C1. The summed E-state index contributed by atoms with van der Waals surface area (Å²) < 4.78 is 11.1. The number of nitrogens with zero attached hydrogens (tertiary/aromatic N) is 1. The summed E-state index contributed by atoms with van der Waals surface area (Å²) in [6.45, 7) is 4.27. The number of ether oxygens (including phenoxy) is 2. The molecule has 1 atom stereocenters. The maximum absolute atomic E-state index is 12.8. The highest BCUT2D eigenvalue weighted by molar-refractivity contribution is 5.94. The Morgan fingerprint density at radius 2 is 1.96 bits per heavy atom. The van der Waals surface area contributed by atoms with Gasteiger partial charge in [0.05, 0.1) is 18.9 Å².